The Hall–Kier alpha value is -0.170. The predicted octanol–water partition coefficient (Wildman–Crippen LogP) is -0.703. The van der Waals surface area contributed by atoms with Crippen LogP contribution < -0.4 is 4.72 Å². The third kappa shape index (κ3) is 2.91. The molecule has 0 aromatic rings. The highest BCUT2D eigenvalue weighted by molar-refractivity contribution is 7.87. The Kier molecular flexibility index (Phi) is 3.66. The molecule has 0 amide bonds. The van der Waals surface area contributed by atoms with Crippen LogP contribution >= 0.6 is 0 Å². The van der Waals surface area contributed by atoms with Gasteiger partial charge in [-0.1, -0.05) is 6.92 Å². The van der Waals surface area contributed by atoms with Gasteiger partial charge in [-0.05, 0) is 12.8 Å². The average molecular weight is 208 g/mol. The molecule has 0 saturated carbocycles. The second-order valence-corrected chi connectivity index (χ2v) is 4.96. The van der Waals surface area contributed by atoms with Crippen LogP contribution in [-0.4, -0.2) is 43.6 Å². The third-order valence-corrected chi connectivity index (χ3v) is 3.58. The van der Waals surface area contributed by atoms with Crippen LogP contribution in [0.3, 0.4) is 0 Å². The van der Waals surface area contributed by atoms with E-state index < -0.39 is 16.3 Å². The molecule has 1 saturated heterocycles. The van der Waals surface area contributed by atoms with Gasteiger partial charge in [0, 0.05) is 19.6 Å². The fraction of sp³-hybridized carbons (Fsp3) is 1.00. The van der Waals surface area contributed by atoms with Crippen LogP contribution in [0.4, 0.5) is 0 Å². The summed E-state index contributed by atoms with van der Waals surface area (Å²) in [5, 5.41) is 9.15. The molecule has 1 rings (SSSR count). The Balaban J connectivity index is 2.50. The van der Waals surface area contributed by atoms with Crippen molar-refractivity contribution in [1.29, 1.82) is 0 Å². The molecule has 0 spiro atoms. The van der Waals surface area contributed by atoms with Crippen molar-refractivity contribution in [1.82, 2.24) is 9.03 Å². The van der Waals surface area contributed by atoms with Gasteiger partial charge in [-0.25, -0.2) is 4.72 Å². The maximum absolute atomic E-state index is 11.4. The number of aliphatic hydroxyl groups excluding tert-OH is 1. The molecule has 0 aromatic carbocycles. The molecule has 5 nitrogen and oxygen atoms in total. The van der Waals surface area contributed by atoms with E-state index in [-0.39, 0.29) is 6.54 Å². The van der Waals surface area contributed by atoms with Gasteiger partial charge in [0.25, 0.3) is 10.2 Å². The molecule has 6 heteroatoms. The van der Waals surface area contributed by atoms with Crippen molar-refractivity contribution in [2.24, 2.45) is 0 Å². The first-order chi connectivity index (χ1) is 6.06. The van der Waals surface area contributed by atoms with Gasteiger partial charge in [0.1, 0.15) is 0 Å². The topological polar surface area (TPSA) is 69.6 Å². The zero-order valence-corrected chi connectivity index (χ0v) is 8.55. The lowest BCUT2D eigenvalue weighted by Gasteiger charge is -2.15. The summed E-state index contributed by atoms with van der Waals surface area (Å²) < 4.78 is 26.6. The number of rotatable bonds is 4. The van der Waals surface area contributed by atoms with E-state index in [0.717, 1.165) is 6.42 Å². The van der Waals surface area contributed by atoms with Gasteiger partial charge in [-0.2, -0.15) is 12.7 Å². The normalized spacial score (nSPS) is 25.2. The van der Waals surface area contributed by atoms with Gasteiger partial charge in [0.05, 0.1) is 6.10 Å². The number of hydrogen-bond donors (Lipinski definition) is 2. The van der Waals surface area contributed by atoms with Crippen LogP contribution in [0, 0.1) is 0 Å². The average Bonchev–Trinajstić information content (AvgIpc) is 2.49. The molecule has 1 aliphatic rings. The van der Waals surface area contributed by atoms with Crippen LogP contribution in [0.15, 0.2) is 0 Å². The van der Waals surface area contributed by atoms with Crippen LogP contribution in [0.5, 0.6) is 0 Å². The fourth-order valence-electron chi connectivity index (χ4n) is 1.25. The second kappa shape index (κ2) is 4.36. The van der Waals surface area contributed by atoms with Crippen LogP contribution in [-0.2, 0) is 10.2 Å². The minimum atomic E-state index is -3.33. The Morgan fingerprint density at radius 3 is 2.77 bits per heavy atom. The van der Waals surface area contributed by atoms with Crippen molar-refractivity contribution in [2.45, 2.75) is 25.9 Å². The van der Waals surface area contributed by atoms with Gasteiger partial charge in [-0.15, -0.1) is 0 Å². The van der Waals surface area contributed by atoms with Crippen LogP contribution in [0.25, 0.3) is 0 Å². The predicted molar refractivity (Wildman–Crippen MR) is 49.4 cm³/mol. The lowest BCUT2D eigenvalue weighted by Crippen LogP contribution is -2.40. The highest BCUT2D eigenvalue weighted by Gasteiger charge is 2.29. The van der Waals surface area contributed by atoms with Crippen molar-refractivity contribution in [3.05, 3.63) is 0 Å². The lowest BCUT2D eigenvalue weighted by atomic mass is 10.3. The van der Waals surface area contributed by atoms with E-state index in [4.69, 9.17) is 5.11 Å². The minimum absolute atomic E-state index is 0.221. The molecule has 78 valence electrons. The van der Waals surface area contributed by atoms with Gasteiger partial charge in [-0.3, -0.25) is 0 Å². The maximum Gasteiger partial charge on any atom is 0.279 e. The molecule has 0 unspecified atom stereocenters. The summed E-state index contributed by atoms with van der Waals surface area (Å²) in [5.41, 5.74) is 0. The fourth-order valence-corrected chi connectivity index (χ4v) is 2.61. The molecule has 0 aliphatic carbocycles. The van der Waals surface area contributed by atoms with E-state index in [1.807, 2.05) is 6.92 Å². The summed E-state index contributed by atoms with van der Waals surface area (Å²) in [6.45, 7) is 3.00. The number of nitrogens with zero attached hydrogens (tertiary/aromatic N) is 1. The van der Waals surface area contributed by atoms with Crippen LogP contribution in [0.2, 0.25) is 0 Å². The van der Waals surface area contributed by atoms with Crippen molar-refractivity contribution in [2.75, 3.05) is 19.6 Å². The highest BCUT2D eigenvalue weighted by Crippen LogP contribution is 2.11. The molecule has 0 aromatic heterocycles. The van der Waals surface area contributed by atoms with E-state index in [1.165, 1.54) is 4.31 Å². The molecule has 1 atom stereocenters. The quantitative estimate of drug-likeness (QED) is 0.641. The van der Waals surface area contributed by atoms with Crippen molar-refractivity contribution in [3.8, 4) is 0 Å². The summed E-state index contributed by atoms with van der Waals surface area (Å²) in [6, 6.07) is 0. The number of nitrogens with one attached hydrogen (secondary N) is 1. The molecule has 1 heterocycles. The summed E-state index contributed by atoms with van der Waals surface area (Å²) >= 11 is 0. The molecule has 13 heavy (non-hydrogen) atoms. The molecule has 2 N–H and O–H groups in total. The minimum Gasteiger partial charge on any atom is -0.392 e. The second-order valence-electron chi connectivity index (χ2n) is 3.20. The first-order valence-electron chi connectivity index (χ1n) is 4.49. The maximum atomic E-state index is 11.4. The molecule has 0 radical (unpaired) electrons. The zero-order chi connectivity index (χ0) is 9.90. The first-order valence-corrected chi connectivity index (χ1v) is 5.93. The lowest BCUT2D eigenvalue weighted by molar-refractivity contribution is 0.189. The van der Waals surface area contributed by atoms with Crippen molar-refractivity contribution < 1.29 is 13.5 Å². The smallest absolute Gasteiger partial charge is 0.279 e. The number of hydrogen-bond acceptors (Lipinski definition) is 3. The highest BCUT2D eigenvalue weighted by atomic mass is 32.2. The summed E-state index contributed by atoms with van der Waals surface area (Å²) in [7, 11) is -3.33. The molecular formula is C7H16N2O3S. The molecule has 0 bridgehead atoms. The standard InChI is InChI=1S/C7H16N2O3S/c1-2-4-8-13(11,12)9-5-3-7(10)6-9/h7-8,10H,2-6H2,1H3/t7-/m0/s1. The van der Waals surface area contributed by atoms with E-state index in [9.17, 15) is 8.42 Å². The SMILES string of the molecule is CCCNS(=O)(=O)N1CC[C@H](O)C1. The number of aliphatic hydroxyl groups is 1. The van der Waals surface area contributed by atoms with Crippen LogP contribution in [0.1, 0.15) is 19.8 Å². The van der Waals surface area contributed by atoms with Gasteiger partial charge in [0.2, 0.25) is 0 Å². The monoisotopic (exact) mass is 208 g/mol. The molecule has 1 fully saturated rings. The van der Waals surface area contributed by atoms with E-state index in [0.29, 0.717) is 19.5 Å². The Bertz CT molecular complexity index is 252. The summed E-state index contributed by atoms with van der Waals surface area (Å²) in [4.78, 5) is 0. The Morgan fingerprint density at radius 2 is 2.31 bits per heavy atom. The first kappa shape index (κ1) is 10.9. The Labute approximate surface area is 78.9 Å². The van der Waals surface area contributed by atoms with Gasteiger partial charge in [0.15, 0.2) is 0 Å². The Morgan fingerprint density at radius 1 is 1.62 bits per heavy atom. The van der Waals surface area contributed by atoms with E-state index in [2.05, 4.69) is 4.72 Å². The van der Waals surface area contributed by atoms with E-state index in [1.54, 1.807) is 0 Å². The zero-order valence-electron chi connectivity index (χ0n) is 7.73. The third-order valence-electron chi connectivity index (χ3n) is 2.00. The van der Waals surface area contributed by atoms with Gasteiger partial charge >= 0.3 is 0 Å². The van der Waals surface area contributed by atoms with E-state index >= 15 is 0 Å². The largest absolute Gasteiger partial charge is 0.392 e. The van der Waals surface area contributed by atoms with Gasteiger partial charge < -0.3 is 5.11 Å². The number of β-amino-alcohol motifs (C(OH)–C–C–N with tert-alkyl or cyclic N) is 1. The van der Waals surface area contributed by atoms with Crippen molar-refractivity contribution in [3.63, 3.8) is 0 Å². The molecular weight excluding hydrogens is 192 g/mol. The van der Waals surface area contributed by atoms with Crippen molar-refractivity contribution >= 4 is 10.2 Å². The summed E-state index contributed by atoms with van der Waals surface area (Å²) in [5.74, 6) is 0. The molecule has 1 aliphatic heterocycles. The summed E-state index contributed by atoms with van der Waals surface area (Å²) in [6.07, 6.45) is 0.807.